The maximum Gasteiger partial charge on any atom is 0.307 e. The standard InChI is InChI=1S/C28H38O4/c1-7-23(29)31-27(9-3)17-19-11-12-20-21(25(19,5)18-27)13-15-26(6)22(20)14-16-28(26,10-4)32-24(30)8-2/h3-4,19-22H,7-8,11-18H2,1-2,5-6H3/t19-,20?,21?,22?,25-,26-,27+,28-/m0/s1. The maximum atomic E-state index is 12.3. The molecule has 0 saturated heterocycles. The van der Waals surface area contributed by atoms with E-state index in [1.165, 1.54) is 0 Å². The van der Waals surface area contributed by atoms with Crippen molar-refractivity contribution in [2.45, 2.75) is 103 Å². The van der Waals surface area contributed by atoms with Crippen molar-refractivity contribution in [1.29, 1.82) is 0 Å². The van der Waals surface area contributed by atoms with Gasteiger partial charge >= 0.3 is 11.9 Å². The Labute approximate surface area is 193 Å². The number of hydrogen-bond donors (Lipinski definition) is 0. The summed E-state index contributed by atoms with van der Waals surface area (Å²) < 4.78 is 11.9. The van der Waals surface area contributed by atoms with E-state index >= 15 is 0 Å². The zero-order valence-electron chi connectivity index (χ0n) is 20.2. The van der Waals surface area contributed by atoms with Crippen LogP contribution in [0.3, 0.4) is 0 Å². The second kappa shape index (κ2) is 7.83. The average Bonchev–Trinajstić information content (AvgIpc) is 3.25. The number of esters is 2. The molecule has 8 atom stereocenters. The topological polar surface area (TPSA) is 52.6 Å². The van der Waals surface area contributed by atoms with E-state index in [1.54, 1.807) is 0 Å². The summed E-state index contributed by atoms with van der Waals surface area (Å²) in [6, 6.07) is 0. The molecule has 0 amide bonds. The largest absolute Gasteiger partial charge is 0.446 e. The summed E-state index contributed by atoms with van der Waals surface area (Å²) in [7, 11) is 0. The van der Waals surface area contributed by atoms with Gasteiger partial charge in [0.05, 0.1) is 0 Å². The summed E-state index contributed by atoms with van der Waals surface area (Å²) in [4.78, 5) is 24.4. The van der Waals surface area contributed by atoms with Crippen molar-refractivity contribution in [1.82, 2.24) is 0 Å². The minimum atomic E-state index is -0.789. The minimum Gasteiger partial charge on any atom is -0.446 e. The van der Waals surface area contributed by atoms with Gasteiger partial charge in [-0.25, -0.2) is 0 Å². The molecule has 0 bridgehead atoms. The average molecular weight is 439 g/mol. The minimum absolute atomic E-state index is 0.0616. The molecule has 0 aliphatic heterocycles. The van der Waals surface area contributed by atoms with E-state index in [4.69, 9.17) is 22.3 Å². The van der Waals surface area contributed by atoms with Crippen LogP contribution in [-0.2, 0) is 19.1 Å². The smallest absolute Gasteiger partial charge is 0.307 e. The number of ether oxygens (including phenoxy) is 2. The van der Waals surface area contributed by atoms with Crippen LogP contribution in [-0.4, -0.2) is 23.1 Å². The fourth-order valence-corrected chi connectivity index (χ4v) is 8.44. The van der Waals surface area contributed by atoms with Crippen molar-refractivity contribution in [3.8, 4) is 24.7 Å². The Morgan fingerprint density at radius 3 is 2.19 bits per heavy atom. The van der Waals surface area contributed by atoms with Gasteiger partial charge in [0.15, 0.2) is 11.2 Å². The summed E-state index contributed by atoms with van der Waals surface area (Å²) in [5.41, 5.74) is -1.68. The third-order valence-corrected chi connectivity index (χ3v) is 10.1. The third kappa shape index (κ3) is 3.13. The van der Waals surface area contributed by atoms with Crippen LogP contribution < -0.4 is 0 Å². The van der Waals surface area contributed by atoms with Crippen LogP contribution in [0.4, 0.5) is 0 Å². The first-order valence-electron chi connectivity index (χ1n) is 12.5. The third-order valence-electron chi connectivity index (χ3n) is 10.1. The molecule has 32 heavy (non-hydrogen) atoms. The molecule has 4 nitrogen and oxygen atoms in total. The molecule has 3 unspecified atom stereocenters. The molecule has 0 heterocycles. The van der Waals surface area contributed by atoms with Gasteiger partial charge in [0.2, 0.25) is 0 Å². The van der Waals surface area contributed by atoms with Crippen molar-refractivity contribution in [3.05, 3.63) is 0 Å². The fraction of sp³-hybridized carbons (Fsp3) is 0.786. The molecule has 0 aromatic rings. The maximum absolute atomic E-state index is 12.3. The lowest BCUT2D eigenvalue weighted by atomic mass is 9.47. The number of hydrogen-bond acceptors (Lipinski definition) is 4. The molecule has 4 rings (SSSR count). The molecule has 174 valence electrons. The van der Waals surface area contributed by atoms with Crippen molar-refractivity contribution in [3.63, 3.8) is 0 Å². The molecule has 0 N–H and O–H groups in total. The monoisotopic (exact) mass is 438 g/mol. The van der Waals surface area contributed by atoms with E-state index in [0.717, 1.165) is 51.4 Å². The Kier molecular flexibility index (Phi) is 5.68. The van der Waals surface area contributed by atoms with Gasteiger partial charge in [-0.05, 0) is 67.6 Å². The summed E-state index contributed by atoms with van der Waals surface area (Å²) in [6.07, 6.45) is 20.3. The normalized spacial score (nSPS) is 46.7. The Morgan fingerprint density at radius 1 is 0.906 bits per heavy atom. The molecular weight excluding hydrogens is 400 g/mol. The fourth-order valence-electron chi connectivity index (χ4n) is 8.44. The van der Waals surface area contributed by atoms with Gasteiger partial charge in [-0.15, -0.1) is 12.8 Å². The van der Waals surface area contributed by atoms with Crippen LogP contribution >= 0.6 is 0 Å². The summed E-state index contributed by atoms with van der Waals surface area (Å²) in [5, 5.41) is 0. The molecule has 4 aliphatic carbocycles. The van der Waals surface area contributed by atoms with E-state index in [0.29, 0.717) is 36.5 Å². The predicted octanol–water partition coefficient (Wildman–Crippen LogP) is 5.29. The Morgan fingerprint density at radius 2 is 1.56 bits per heavy atom. The zero-order chi connectivity index (χ0) is 23.4. The Bertz CT molecular complexity index is 879. The predicted molar refractivity (Wildman–Crippen MR) is 123 cm³/mol. The second-order valence-electron chi connectivity index (χ2n) is 11.3. The van der Waals surface area contributed by atoms with Gasteiger partial charge < -0.3 is 9.47 Å². The van der Waals surface area contributed by atoms with E-state index in [1.807, 2.05) is 13.8 Å². The second-order valence-corrected chi connectivity index (χ2v) is 11.3. The molecular formula is C28H38O4. The highest BCUT2D eigenvalue weighted by molar-refractivity contribution is 5.70. The highest BCUT2D eigenvalue weighted by Gasteiger charge is 2.68. The molecule has 4 fully saturated rings. The van der Waals surface area contributed by atoms with Gasteiger partial charge in [0.25, 0.3) is 0 Å². The van der Waals surface area contributed by atoms with E-state index in [2.05, 4.69) is 25.7 Å². The number of rotatable bonds is 4. The van der Waals surface area contributed by atoms with Crippen molar-refractivity contribution < 1.29 is 19.1 Å². The first-order chi connectivity index (χ1) is 15.1. The van der Waals surface area contributed by atoms with Crippen LogP contribution in [0, 0.1) is 59.2 Å². The van der Waals surface area contributed by atoms with Gasteiger partial charge in [-0.3, -0.25) is 9.59 Å². The van der Waals surface area contributed by atoms with Gasteiger partial charge in [-0.2, -0.15) is 0 Å². The number of fused-ring (bicyclic) bond motifs is 5. The number of terminal acetylenes is 2. The molecule has 4 aliphatic rings. The molecule has 4 heteroatoms. The summed E-state index contributed by atoms with van der Waals surface area (Å²) >= 11 is 0. The lowest BCUT2D eigenvalue weighted by Crippen LogP contribution is -2.55. The molecule has 0 radical (unpaired) electrons. The molecule has 4 saturated carbocycles. The zero-order valence-corrected chi connectivity index (χ0v) is 20.2. The lowest BCUT2D eigenvalue weighted by Gasteiger charge is -2.58. The molecule has 0 aromatic heterocycles. The molecule has 0 spiro atoms. The molecule has 0 aromatic carbocycles. The van der Waals surface area contributed by atoms with Crippen molar-refractivity contribution in [2.75, 3.05) is 0 Å². The van der Waals surface area contributed by atoms with E-state index in [-0.39, 0.29) is 22.8 Å². The number of carbonyl (C=O) groups is 2. The van der Waals surface area contributed by atoms with E-state index < -0.39 is 11.2 Å². The summed E-state index contributed by atoms with van der Waals surface area (Å²) in [5.74, 6) is 7.45. The van der Waals surface area contributed by atoms with Crippen LogP contribution in [0.15, 0.2) is 0 Å². The quantitative estimate of drug-likeness (QED) is 0.442. The Hall–Kier alpha value is -1.94. The first-order valence-corrected chi connectivity index (χ1v) is 12.5. The van der Waals surface area contributed by atoms with Crippen LogP contribution in [0.1, 0.15) is 91.9 Å². The van der Waals surface area contributed by atoms with Gasteiger partial charge in [-0.1, -0.05) is 39.5 Å². The first kappa shape index (κ1) is 23.2. The van der Waals surface area contributed by atoms with Crippen molar-refractivity contribution in [2.24, 2.45) is 34.5 Å². The highest BCUT2D eigenvalue weighted by Crippen LogP contribution is 2.70. The van der Waals surface area contributed by atoms with Gasteiger partial charge in [0.1, 0.15) is 0 Å². The van der Waals surface area contributed by atoms with Gasteiger partial charge in [0, 0.05) is 31.1 Å². The highest BCUT2D eigenvalue weighted by atomic mass is 16.6. The number of carbonyl (C=O) groups excluding carboxylic acids is 2. The van der Waals surface area contributed by atoms with Crippen molar-refractivity contribution >= 4 is 11.9 Å². The Balaban J connectivity index is 1.62. The van der Waals surface area contributed by atoms with E-state index in [9.17, 15) is 9.59 Å². The lowest BCUT2D eigenvalue weighted by molar-refractivity contribution is -0.174. The van der Waals surface area contributed by atoms with Crippen LogP contribution in [0.5, 0.6) is 0 Å². The van der Waals surface area contributed by atoms with Crippen LogP contribution in [0.25, 0.3) is 0 Å². The summed E-state index contributed by atoms with van der Waals surface area (Å²) in [6.45, 7) is 8.29. The SMILES string of the molecule is C#C[C@@]1(OC(=O)CC)C[C@@H]2CCC3C4CC[C@](C#C)(OC(=O)CC)[C@@]4(C)CCC3[C@@]2(C)C1. The van der Waals surface area contributed by atoms with Crippen LogP contribution in [0.2, 0.25) is 0 Å².